The lowest BCUT2D eigenvalue weighted by Gasteiger charge is -2.08. The lowest BCUT2D eigenvalue weighted by atomic mass is 10.00. The number of hydrogen-bond donors (Lipinski definition) is 0. The van der Waals surface area contributed by atoms with Crippen LogP contribution in [0.4, 0.5) is 8.78 Å². The number of pyridine rings is 1. The van der Waals surface area contributed by atoms with Crippen LogP contribution in [0, 0.1) is 23.5 Å². The molecule has 0 aliphatic rings. The van der Waals surface area contributed by atoms with Crippen molar-refractivity contribution < 1.29 is 8.78 Å². The summed E-state index contributed by atoms with van der Waals surface area (Å²) in [4.78, 5) is 4.48. The Morgan fingerprint density at radius 1 is 0.885 bits per heavy atom. The van der Waals surface area contributed by atoms with Crippen LogP contribution in [0.1, 0.15) is 31.4 Å². The molecule has 0 unspecified atom stereocenters. The largest absolute Gasteiger partial charge is 0.256 e. The van der Waals surface area contributed by atoms with Crippen molar-refractivity contribution in [3.8, 4) is 34.2 Å². The minimum absolute atomic E-state index is 0.0711. The molecule has 0 aliphatic heterocycles. The molecule has 0 radical (unpaired) electrons. The summed E-state index contributed by atoms with van der Waals surface area (Å²) in [6, 6.07) is 14.4. The monoisotopic (exact) mass is 347 g/mol. The first-order valence-electron chi connectivity index (χ1n) is 8.60. The quantitative estimate of drug-likeness (QED) is 0.526. The minimum Gasteiger partial charge on any atom is -0.256 e. The molecule has 3 heteroatoms. The van der Waals surface area contributed by atoms with Crippen molar-refractivity contribution in [3.05, 3.63) is 77.5 Å². The zero-order chi connectivity index (χ0) is 18.5. The number of aromatic nitrogens is 1. The number of hydrogen-bond acceptors (Lipinski definition) is 1. The Labute approximate surface area is 152 Å². The summed E-state index contributed by atoms with van der Waals surface area (Å²) in [5.74, 6) is 3.37. The van der Waals surface area contributed by atoms with Gasteiger partial charge in [0.1, 0.15) is 0 Å². The van der Waals surface area contributed by atoms with Crippen LogP contribution in [-0.4, -0.2) is 4.98 Å². The van der Waals surface area contributed by atoms with E-state index >= 15 is 0 Å². The molecule has 0 amide bonds. The van der Waals surface area contributed by atoms with E-state index in [4.69, 9.17) is 0 Å². The fourth-order valence-corrected chi connectivity index (χ4v) is 2.86. The number of nitrogens with zero attached hydrogens (tertiary/aromatic N) is 1. The summed E-state index contributed by atoms with van der Waals surface area (Å²) in [6.45, 7) is 3.72. The lowest BCUT2D eigenvalue weighted by Crippen LogP contribution is -1.94. The molecule has 0 saturated carbocycles. The number of benzene rings is 2. The van der Waals surface area contributed by atoms with Gasteiger partial charge >= 0.3 is 0 Å². The highest BCUT2D eigenvalue weighted by Gasteiger charge is 2.14. The average molecular weight is 347 g/mol. The van der Waals surface area contributed by atoms with Crippen LogP contribution < -0.4 is 0 Å². The molecule has 0 atom stereocenters. The second-order valence-corrected chi connectivity index (χ2v) is 6.04. The summed E-state index contributed by atoms with van der Waals surface area (Å²) >= 11 is 0. The van der Waals surface area contributed by atoms with E-state index in [0.29, 0.717) is 5.56 Å². The molecule has 3 rings (SSSR count). The second-order valence-electron chi connectivity index (χ2n) is 6.04. The first kappa shape index (κ1) is 17.8. The van der Waals surface area contributed by atoms with Gasteiger partial charge in [0.15, 0.2) is 11.6 Å². The predicted molar refractivity (Wildman–Crippen MR) is 102 cm³/mol. The summed E-state index contributed by atoms with van der Waals surface area (Å²) in [7, 11) is 0. The van der Waals surface area contributed by atoms with Gasteiger partial charge in [-0.25, -0.2) is 8.78 Å². The van der Waals surface area contributed by atoms with Crippen molar-refractivity contribution in [2.45, 2.75) is 26.7 Å². The predicted octanol–water partition coefficient (Wildman–Crippen LogP) is 6.02. The van der Waals surface area contributed by atoms with Crippen LogP contribution in [0.3, 0.4) is 0 Å². The Morgan fingerprint density at radius 3 is 2.23 bits per heavy atom. The number of aryl methyl sites for hydroxylation is 1. The SMILES string of the molecule is CC#Cc1ccc(-c2ccc(-c3ccc(CCC)cn3)cc2)c(F)c1F. The maximum Gasteiger partial charge on any atom is 0.175 e. The summed E-state index contributed by atoms with van der Waals surface area (Å²) in [6.07, 6.45) is 3.98. The van der Waals surface area contributed by atoms with Gasteiger partial charge in [0.25, 0.3) is 0 Å². The van der Waals surface area contributed by atoms with Crippen molar-refractivity contribution in [2.75, 3.05) is 0 Å². The Kier molecular flexibility index (Phi) is 5.43. The molecule has 130 valence electrons. The number of halogens is 2. The summed E-state index contributed by atoms with van der Waals surface area (Å²) in [5.41, 5.74) is 3.91. The van der Waals surface area contributed by atoms with Gasteiger partial charge in [-0.05, 0) is 42.7 Å². The van der Waals surface area contributed by atoms with Crippen LogP contribution >= 0.6 is 0 Å². The molecule has 3 aromatic rings. The van der Waals surface area contributed by atoms with Gasteiger partial charge in [-0.3, -0.25) is 4.98 Å². The highest BCUT2D eigenvalue weighted by Crippen LogP contribution is 2.28. The standard InChI is InChI=1S/C23H19F2N/c1-3-5-16-7-14-21(26-15-16)18-10-8-17(9-11-18)20-13-12-19(6-4-2)22(24)23(20)25/h7-15H,3,5H2,1-2H3. The van der Waals surface area contributed by atoms with Crippen molar-refractivity contribution in [1.29, 1.82) is 0 Å². The van der Waals surface area contributed by atoms with Gasteiger partial charge in [0.05, 0.1) is 11.3 Å². The van der Waals surface area contributed by atoms with Gasteiger partial charge in [0, 0.05) is 17.3 Å². The highest BCUT2D eigenvalue weighted by molar-refractivity contribution is 5.70. The minimum atomic E-state index is -0.908. The molecule has 2 aromatic carbocycles. The topological polar surface area (TPSA) is 12.9 Å². The molecule has 0 fully saturated rings. The Morgan fingerprint density at radius 2 is 1.62 bits per heavy atom. The molecule has 1 nitrogen and oxygen atoms in total. The fourth-order valence-electron chi connectivity index (χ4n) is 2.86. The first-order valence-corrected chi connectivity index (χ1v) is 8.60. The van der Waals surface area contributed by atoms with E-state index in [1.807, 2.05) is 24.4 Å². The zero-order valence-corrected chi connectivity index (χ0v) is 14.8. The molecular formula is C23H19F2N. The zero-order valence-electron chi connectivity index (χ0n) is 14.8. The van der Waals surface area contributed by atoms with Gasteiger partial charge < -0.3 is 0 Å². The lowest BCUT2D eigenvalue weighted by molar-refractivity contribution is 0.509. The maximum atomic E-state index is 14.4. The van der Waals surface area contributed by atoms with Gasteiger partial charge in [-0.15, -0.1) is 5.92 Å². The Bertz CT molecular complexity index is 962. The van der Waals surface area contributed by atoms with Crippen molar-refractivity contribution in [3.63, 3.8) is 0 Å². The average Bonchev–Trinajstić information content (AvgIpc) is 2.67. The summed E-state index contributed by atoms with van der Waals surface area (Å²) in [5, 5.41) is 0. The van der Waals surface area contributed by atoms with E-state index in [9.17, 15) is 8.78 Å². The molecule has 0 spiro atoms. The van der Waals surface area contributed by atoms with E-state index in [1.165, 1.54) is 11.6 Å². The first-order chi connectivity index (χ1) is 12.6. The molecule has 0 bridgehead atoms. The van der Waals surface area contributed by atoms with Crippen LogP contribution in [0.25, 0.3) is 22.4 Å². The van der Waals surface area contributed by atoms with Crippen LogP contribution in [-0.2, 0) is 6.42 Å². The maximum absolute atomic E-state index is 14.4. The van der Waals surface area contributed by atoms with E-state index in [2.05, 4.69) is 29.8 Å². The van der Waals surface area contributed by atoms with Gasteiger partial charge in [-0.1, -0.05) is 49.6 Å². The Balaban J connectivity index is 1.90. The third-order valence-electron chi connectivity index (χ3n) is 4.20. The van der Waals surface area contributed by atoms with E-state index in [1.54, 1.807) is 25.1 Å². The molecular weight excluding hydrogens is 328 g/mol. The third-order valence-corrected chi connectivity index (χ3v) is 4.20. The van der Waals surface area contributed by atoms with Crippen LogP contribution in [0.5, 0.6) is 0 Å². The number of rotatable bonds is 4. The normalized spacial score (nSPS) is 10.3. The molecule has 26 heavy (non-hydrogen) atoms. The highest BCUT2D eigenvalue weighted by atomic mass is 19.2. The molecule has 0 N–H and O–H groups in total. The molecule has 0 aliphatic carbocycles. The fraction of sp³-hybridized carbons (Fsp3) is 0.174. The molecule has 1 heterocycles. The molecule has 1 aromatic heterocycles. The van der Waals surface area contributed by atoms with Crippen molar-refractivity contribution in [1.82, 2.24) is 4.98 Å². The van der Waals surface area contributed by atoms with E-state index < -0.39 is 11.6 Å². The van der Waals surface area contributed by atoms with E-state index in [-0.39, 0.29) is 11.1 Å². The van der Waals surface area contributed by atoms with Gasteiger partial charge in [0.2, 0.25) is 0 Å². The third kappa shape index (κ3) is 3.65. The van der Waals surface area contributed by atoms with Crippen molar-refractivity contribution in [2.24, 2.45) is 0 Å². The van der Waals surface area contributed by atoms with Crippen LogP contribution in [0.2, 0.25) is 0 Å². The van der Waals surface area contributed by atoms with Crippen molar-refractivity contribution >= 4 is 0 Å². The van der Waals surface area contributed by atoms with Crippen LogP contribution in [0.15, 0.2) is 54.7 Å². The summed E-state index contributed by atoms with van der Waals surface area (Å²) < 4.78 is 28.4. The second kappa shape index (κ2) is 7.93. The Hall–Kier alpha value is -2.99. The van der Waals surface area contributed by atoms with E-state index in [0.717, 1.165) is 24.1 Å². The van der Waals surface area contributed by atoms with Gasteiger partial charge in [-0.2, -0.15) is 0 Å². The smallest absolute Gasteiger partial charge is 0.175 e. The molecule has 0 saturated heterocycles.